The van der Waals surface area contributed by atoms with E-state index < -0.39 is 0 Å². The van der Waals surface area contributed by atoms with Crippen LogP contribution in [-0.4, -0.2) is 12.6 Å². The second kappa shape index (κ2) is 3.42. The molecule has 0 aromatic rings. The predicted octanol–water partition coefficient (Wildman–Crippen LogP) is 0.767. The topological polar surface area (TPSA) is 38.0 Å². The lowest BCUT2D eigenvalue weighted by Crippen LogP contribution is -2.27. The Labute approximate surface area is 61.8 Å². The lowest BCUT2D eigenvalue weighted by molar-refractivity contribution is 0.637. The highest BCUT2D eigenvalue weighted by Crippen LogP contribution is 2.03. The molecule has 0 saturated carbocycles. The minimum absolute atomic E-state index is 0.452. The van der Waals surface area contributed by atoms with Gasteiger partial charge in [0.2, 0.25) is 0 Å². The average molecular weight is 138 g/mol. The van der Waals surface area contributed by atoms with E-state index in [0.29, 0.717) is 6.04 Å². The number of nitrogens with one attached hydrogen (secondary N) is 1. The Hall–Kier alpha value is -0.760. The molecule has 1 heterocycles. The third-order valence-corrected chi connectivity index (χ3v) is 1.59. The lowest BCUT2D eigenvalue weighted by Gasteiger charge is -2.15. The Morgan fingerprint density at radius 1 is 1.70 bits per heavy atom. The van der Waals surface area contributed by atoms with Gasteiger partial charge in [-0.25, -0.2) is 0 Å². The first-order valence-corrected chi connectivity index (χ1v) is 3.64. The molecular formula is C8H14N2. The largest absolute Gasteiger partial charge is 0.384 e. The Bertz CT molecular complexity index is 159. The highest BCUT2D eigenvalue weighted by atomic mass is 14.9. The maximum absolute atomic E-state index is 5.40. The van der Waals surface area contributed by atoms with Crippen LogP contribution in [0.2, 0.25) is 0 Å². The van der Waals surface area contributed by atoms with Crippen LogP contribution in [0, 0.1) is 0 Å². The van der Waals surface area contributed by atoms with Crippen molar-refractivity contribution in [1.82, 2.24) is 5.32 Å². The van der Waals surface area contributed by atoms with Gasteiger partial charge in [0.1, 0.15) is 0 Å². The lowest BCUT2D eigenvalue weighted by atomic mass is 10.1. The number of hydrogen-bond donors (Lipinski definition) is 2. The van der Waals surface area contributed by atoms with E-state index >= 15 is 0 Å². The maximum atomic E-state index is 5.40. The van der Waals surface area contributed by atoms with Crippen molar-refractivity contribution in [3.8, 4) is 0 Å². The smallest absolute Gasteiger partial charge is 0.0454 e. The molecule has 2 nitrogen and oxygen atoms in total. The van der Waals surface area contributed by atoms with Crippen LogP contribution in [0.3, 0.4) is 0 Å². The summed E-state index contributed by atoms with van der Waals surface area (Å²) in [4.78, 5) is 0. The van der Waals surface area contributed by atoms with E-state index in [1.165, 1.54) is 5.57 Å². The zero-order valence-corrected chi connectivity index (χ0v) is 6.30. The Morgan fingerprint density at radius 2 is 2.50 bits per heavy atom. The first-order chi connectivity index (χ1) is 4.83. The fraction of sp³-hybridized carbons (Fsp3) is 0.500. The van der Waals surface area contributed by atoms with Crippen LogP contribution in [-0.2, 0) is 0 Å². The number of nitrogens with two attached hydrogens (primary N) is 1. The fourth-order valence-corrected chi connectivity index (χ4v) is 0.969. The quantitative estimate of drug-likeness (QED) is 0.591. The van der Waals surface area contributed by atoms with E-state index in [0.717, 1.165) is 13.0 Å². The highest BCUT2D eigenvalue weighted by Gasteiger charge is 2.02. The summed E-state index contributed by atoms with van der Waals surface area (Å²) in [5, 5.41) is 3.24. The van der Waals surface area contributed by atoms with E-state index in [9.17, 15) is 0 Å². The van der Waals surface area contributed by atoms with Gasteiger partial charge in [-0.1, -0.05) is 12.2 Å². The van der Waals surface area contributed by atoms with Crippen LogP contribution < -0.4 is 11.1 Å². The molecule has 0 radical (unpaired) electrons. The summed E-state index contributed by atoms with van der Waals surface area (Å²) in [5.41, 5.74) is 6.67. The van der Waals surface area contributed by atoms with Crippen LogP contribution in [0.4, 0.5) is 0 Å². The summed E-state index contributed by atoms with van der Waals surface area (Å²) < 4.78 is 0. The minimum atomic E-state index is 0.452. The van der Waals surface area contributed by atoms with E-state index in [2.05, 4.69) is 24.4 Å². The third kappa shape index (κ3) is 1.88. The van der Waals surface area contributed by atoms with Gasteiger partial charge in [0.25, 0.3) is 0 Å². The monoisotopic (exact) mass is 138 g/mol. The molecule has 0 aromatic heterocycles. The van der Waals surface area contributed by atoms with E-state index in [1.54, 1.807) is 0 Å². The Balaban J connectivity index is 2.37. The summed E-state index contributed by atoms with van der Waals surface area (Å²) in [7, 11) is 0. The fourth-order valence-electron chi connectivity index (χ4n) is 0.969. The number of allylic oxidation sites excluding steroid dienone is 2. The molecule has 56 valence electrons. The molecule has 1 atom stereocenters. The first-order valence-electron chi connectivity index (χ1n) is 3.64. The van der Waals surface area contributed by atoms with E-state index in [-0.39, 0.29) is 0 Å². The number of hydrogen-bond acceptors (Lipinski definition) is 2. The third-order valence-electron chi connectivity index (χ3n) is 1.59. The van der Waals surface area contributed by atoms with Gasteiger partial charge in [0.15, 0.2) is 0 Å². The molecule has 0 bridgehead atoms. The first kappa shape index (κ1) is 7.35. The maximum Gasteiger partial charge on any atom is 0.0454 e. The van der Waals surface area contributed by atoms with Crippen molar-refractivity contribution in [1.29, 1.82) is 0 Å². The molecule has 1 unspecified atom stereocenters. The molecule has 10 heavy (non-hydrogen) atoms. The molecule has 3 N–H and O–H groups in total. The van der Waals surface area contributed by atoms with Crippen molar-refractivity contribution in [2.24, 2.45) is 5.73 Å². The van der Waals surface area contributed by atoms with Gasteiger partial charge in [-0.15, -0.1) is 0 Å². The summed E-state index contributed by atoms with van der Waals surface area (Å²) in [6, 6.07) is 0.452. The molecule has 1 aliphatic heterocycles. The number of rotatable bonds is 2. The van der Waals surface area contributed by atoms with Gasteiger partial charge in [0.05, 0.1) is 0 Å². The zero-order valence-electron chi connectivity index (χ0n) is 6.30. The molecule has 0 amide bonds. The molecule has 0 aromatic carbocycles. The van der Waals surface area contributed by atoms with Crippen molar-refractivity contribution < 1.29 is 0 Å². The summed E-state index contributed by atoms with van der Waals surface area (Å²) in [5.74, 6) is 0. The summed E-state index contributed by atoms with van der Waals surface area (Å²) in [6.07, 6.45) is 7.32. The van der Waals surface area contributed by atoms with E-state index in [1.807, 2.05) is 6.20 Å². The Morgan fingerprint density at radius 3 is 3.00 bits per heavy atom. The molecule has 2 heteroatoms. The average Bonchev–Trinajstić information content (AvgIpc) is 1.95. The van der Waals surface area contributed by atoms with Crippen LogP contribution in [0.25, 0.3) is 0 Å². The standard InChI is InChI=1S/C8H14N2/c1-7-2-3-8(4-5-9)10-6-7/h2-3,6,8,10H,4-5,9H2,1H3. The van der Waals surface area contributed by atoms with Crippen LogP contribution in [0.1, 0.15) is 13.3 Å². The number of dihydropyridines is 1. The van der Waals surface area contributed by atoms with Crippen molar-refractivity contribution in [3.63, 3.8) is 0 Å². The highest BCUT2D eigenvalue weighted by molar-refractivity contribution is 5.21. The van der Waals surface area contributed by atoms with Gasteiger partial charge < -0.3 is 11.1 Å². The molecule has 1 aliphatic rings. The molecule has 0 spiro atoms. The van der Waals surface area contributed by atoms with Crippen LogP contribution in [0.15, 0.2) is 23.9 Å². The van der Waals surface area contributed by atoms with Gasteiger partial charge >= 0.3 is 0 Å². The molecule has 1 rings (SSSR count). The van der Waals surface area contributed by atoms with Gasteiger partial charge in [0, 0.05) is 6.04 Å². The Kier molecular flexibility index (Phi) is 2.51. The van der Waals surface area contributed by atoms with Gasteiger partial charge in [-0.05, 0) is 31.7 Å². The molecule has 0 fully saturated rings. The van der Waals surface area contributed by atoms with Crippen LogP contribution >= 0.6 is 0 Å². The van der Waals surface area contributed by atoms with Crippen LogP contribution in [0.5, 0.6) is 0 Å². The zero-order chi connectivity index (χ0) is 7.40. The second-order valence-corrected chi connectivity index (χ2v) is 2.60. The van der Waals surface area contributed by atoms with Crippen molar-refractivity contribution in [2.75, 3.05) is 6.54 Å². The van der Waals surface area contributed by atoms with E-state index in [4.69, 9.17) is 5.73 Å². The SMILES string of the molecule is CC1=CNC(CCN)C=C1. The summed E-state index contributed by atoms with van der Waals surface area (Å²) >= 11 is 0. The van der Waals surface area contributed by atoms with Crippen molar-refractivity contribution in [2.45, 2.75) is 19.4 Å². The summed E-state index contributed by atoms with van der Waals surface area (Å²) in [6.45, 7) is 2.82. The molecule has 0 saturated heterocycles. The predicted molar refractivity (Wildman–Crippen MR) is 43.5 cm³/mol. The van der Waals surface area contributed by atoms with Crippen molar-refractivity contribution in [3.05, 3.63) is 23.9 Å². The van der Waals surface area contributed by atoms with Gasteiger partial charge in [-0.3, -0.25) is 0 Å². The normalized spacial score (nSPS) is 23.8. The van der Waals surface area contributed by atoms with Gasteiger partial charge in [-0.2, -0.15) is 0 Å². The molecular weight excluding hydrogens is 124 g/mol. The molecule has 0 aliphatic carbocycles. The second-order valence-electron chi connectivity index (χ2n) is 2.60. The minimum Gasteiger partial charge on any atom is -0.384 e. The van der Waals surface area contributed by atoms with Crippen molar-refractivity contribution >= 4 is 0 Å².